The standard InChI is InChI=1S/C52H83NO5/c1-4-7-10-13-16-19-21-23-24-25-26-28-30-33-36-39-42-45-52(57)58-48(43-40-37-34-32-29-27-22-20-17-14-11-8-5-2)46-51(56)53-49(47-54)50(55)44-41-38-35-31-18-15-12-9-6-3/h7-8,10-11,13-14,16-17,19-30,48-50,54-55H,4-6,9,12,15,18,31-47H2,1-3H3,(H,53,56)/b10-7-,11-8+,16-13+,17-14+,21-19+,22-20+,24-23-,26-25+,29-27-,30-28+. The number of aliphatic hydroxyl groups is 2. The number of unbranched alkanes of at least 4 members (excludes halogenated alkanes) is 14. The van der Waals surface area contributed by atoms with Gasteiger partial charge in [0.2, 0.25) is 5.91 Å². The van der Waals surface area contributed by atoms with Crippen LogP contribution in [0.25, 0.3) is 0 Å². The molecule has 0 aromatic rings. The van der Waals surface area contributed by atoms with Gasteiger partial charge in [-0.05, 0) is 64.2 Å². The molecule has 0 saturated heterocycles. The maximum Gasteiger partial charge on any atom is 0.306 e. The SMILES string of the molecule is CC\C=C/C=C/C=C/C=C\C=C\C=C\CCCCCC(=O)OC(CCCCC\C=C/C=C/C=C/C=C/CC)CC(=O)NC(CO)C(O)CCCCCCCCCCC. The number of hydrogen-bond acceptors (Lipinski definition) is 5. The fraction of sp³-hybridized carbons (Fsp3) is 0.577. The van der Waals surface area contributed by atoms with E-state index in [2.05, 4.69) is 56.5 Å². The topological polar surface area (TPSA) is 95.9 Å². The summed E-state index contributed by atoms with van der Waals surface area (Å²) >= 11 is 0. The molecule has 3 unspecified atom stereocenters. The smallest absolute Gasteiger partial charge is 0.306 e. The van der Waals surface area contributed by atoms with Crippen LogP contribution in [-0.2, 0) is 14.3 Å². The molecule has 6 heteroatoms. The Hall–Kier alpha value is -3.74. The third-order valence-corrected chi connectivity index (χ3v) is 9.54. The highest BCUT2D eigenvalue weighted by Gasteiger charge is 2.24. The largest absolute Gasteiger partial charge is 0.462 e. The molecule has 0 spiro atoms. The first-order valence-electron chi connectivity index (χ1n) is 22.9. The van der Waals surface area contributed by atoms with Crippen LogP contribution in [0, 0.1) is 0 Å². The number of amides is 1. The Morgan fingerprint density at radius 1 is 0.517 bits per heavy atom. The van der Waals surface area contributed by atoms with Crippen LogP contribution in [0.1, 0.15) is 168 Å². The molecule has 0 aliphatic rings. The fourth-order valence-corrected chi connectivity index (χ4v) is 6.12. The van der Waals surface area contributed by atoms with Crippen molar-refractivity contribution < 1.29 is 24.5 Å². The first-order chi connectivity index (χ1) is 28.5. The molecular formula is C52H83NO5. The zero-order valence-electron chi connectivity index (χ0n) is 36.9. The first kappa shape index (κ1) is 54.3. The van der Waals surface area contributed by atoms with Gasteiger partial charge in [0.25, 0.3) is 0 Å². The summed E-state index contributed by atoms with van der Waals surface area (Å²) in [5, 5.41) is 23.6. The average molecular weight is 802 g/mol. The van der Waals surface area contributed by atoms with Gasteiger partial charge in [-0.15, -0.1) is 0 Å². The van der Waals surface area contributed by atoms with Gasteiger partial charge < -0.3 is 20.3 Å². The van der Waals surface area contributed by atoms with Gasteiger partial charge in [-0.2, -0.15) is 0 Å². The van der Waals surface area contributed by atoms with Crippen LogP contribution in [0.5, 0.6) is 0 Å². The third-order valence-electron chi connectivity index (χ3n) is 9.54. The van der Waals surface area contributed by atoms with E-state index in [1.54, 1.807) is 0 Å². The van der Waals surface area contributed by atoms with Crippen molar-refractivity contribution in [3.05, 3.63) is 122 Å². The summed E-state index contributed by atoms with van der Waals surface area (Å²) in [5.41, 5.74) is 0. The molecule has 3 N–H and O–H groups in total. The molecule has 0 rings (SSSR count). The van der Waals surface area contributed by atoms with Crippen LogP contribution in [-0.4, -0.2) is 46.9 Å². The minimum Gasteiger partial charge on any atom is -0.462 e. The molecule has 0 fully saturated rings. The lowest BCUT2D eigenvalue weighted by Gasteiger charge is -2.24. The van der Waals surface area contributed by atoms with Crippen LogP contribution in [0.4, 0.5) is 0 Å². The zero-order valence-corrected chi connectivity index (χ0v) is 36.9. The molecule has 0 aliphatic carbocycles. The average Bonchev–Trinajstić information content (AvgIpc) is 3.22. The van der Waals surface area contributed by atoms with Crippen LogP contribution >= 0.6 is 0 Å². The number of ether oxygens (including phenoxy) is 1. The molecule has 0 aliphatic heterocycles. The van der Waals surface area contributed by atoms with Gasteiger partial charge in [-0.1, -0.05) is 213 Å². The van der Waals surface area contributed by atoms with Gasteiger partial charge in [0.1, 0.15) is 6.10 Å². The minimum atomic E-state index is -0.813. The molecule has 0 aromatic heterocycles. The van der Waals surface area contributed by atoms with Gasteiger partial charge in [0, 0.05) is 6.42 Å². The number of carbonyl (C=O) groups excluding carboxylic acids is 2. The van der Waals surface area contributed by atoms with E-state index in [0.29, 0.717) is 19.3 Å². The molecule has 0 radical (unpaired) electrons. The van der Waals surface area contributed by atoms with Gasteiger partial charge in [-0.25, -0.2) is 0 Å². The maximum atomic E-state index is 13.1. The van der Waals surface area contributed by atoms with E-state index >= 15 is 0 Å². The molecule has 1 amide bonds. The number of esters is 1. The Balaban J connectivity index is 4.80. The summed E-state index contributed by atoms with van der Waals surface area (Å²) < 4.78 is 5.87. The van der Waals surface area contributed by atoms with Crippen molar-refractivity contribution in [2.75, 3.05) is 6.61 Å². The van der Waals surface area contributed by atoms with E-state index in [1.807, 2.05) is 91.1 Å². The second-order valence-electron chi connectivity index (χ2n) is 14.9. The second-order valence-corrected chi connectivity index (χ2v) is 14.9. The van der Waals surface area contributed by atoms with E-state index in [4.69, 9.17) is 4.74 Å². The summed E-state index contributed by atoms with van der Waals surface area (Å²) in [4.78, 5) is 26.0. The highest BCUT2D eigenvalue weighted by atomic mass is 16.5. The van der Waals surface area contributed by atoms with Crippen molar-refractivity contribution >= 4 is 11.9 Å². The molecule has 58 heavy (non-hydrogen) atoms. The second kappa shape index (κ2) is 44.4. The van der Waals surface area contributed by atoms with Crippen LogP contribution in [0.3, 0.4) is 0 Å². The van der Waals surface area contributed by atoms with E-state index in [9.17, 15) is 19.8 Å². The van der Waals surface area contributed by atoms with Crippen molar-refractivity contribution in [2.24, 2.45) is 0 Å². The quantitative estimate of drug-likeness (QED) is 0.0328. The monoisotopic (exact) mass is 802 g/mol. The van der Waals surface area contributed by atoms with Crippen molar-refractivity contribution in [3.8, 4) is 0 Å². The Morgan fingerprint density at radius 3 is 1.41 bits per heavy atom. The first-order valence-corrected chi connectivity index (χ1v) is 22.9. The normalized spacial score (nSPS) is 14.5. The Bertz CT molecular complexity index is 1260. The molecule has 0 saturated carbocycles. The highest BCUT2D eigenvalue weighted by molar-refractivity contribution is 5.77. The van der Waals surface area contributed by atoms with E-state index in [1.165, 1.54) is 38.5 Å². The predicted molar refractivity (Wildman–Crippen MR) is 250 cm³/mol. The van der Waals surface area contributed by atoms with Gasteiger partial charge in [-0.3, -0.25) is 9.59 Å². The van der Waals surface area contributed by atoms with Gasteiger partial charge in [0.05, 0.1) is 25.2 Å². The van der Waals surface area contributed by atoms with E-state index in [0.717, 1.165) is 83.5 Å². The molecule has 0 heterocycles. The van der Waals surface area contributed by atoms with Crippen molar-refractivity contribution in [1.82, 2.24) is 5.32 Å². The number of carbonyl (C=O) groups is 2. The minimum absolute atomic E-state index is 0.0239. The Kier molecular flexibility index (Phi) is 41.5. The molecule has 0 bridgehead atoms. The van der Waals surface area contributed by atoms with E-state index in [-0.39, 0.29) is 24.9 Å². The van der Waals surface area contributed by atoms with Crippen molar-refractivity contribution in [1.29, 1.82) is 0 Å². The van der Waals surface area contributed by atoms with E-state index < -0.39 is 18.2 Å². The molecule has 326 valence electrons. The number of aliphatic hydroxyl groups excluding tert-OH is 2. The predicted octanol–water partition coefficient (Wildman–Crippen LogP) is 13.3. The summed E-state index contributed by atoms with van der Waals surface area (Å²) in [5.74, 6) is -0.583. The highest BCUT2D eigenvalue weighted by Crippen LogP contribution is 2.16. The zero-order chi connectivity index (χ0) is 42.4. The van der Waals surface area contributed by atoms with Gasteiger partial charge in [0.15, 0.2) is 0 Å². The Morgan fingerprint density at radius 2 is 0.931 bits per heavy atom. The summed E-state index contributed by atoms with van der Waals surface area (Å²) in [6.45, 7) is 6.12. The Labute approximate surface area is 355 Å². The molecule has 6 nitrogen and oxygen atoms in total. The lowest BCUT2D eigenvalue weighted by atomic mass is 10.0. The summed E-state index contributed by atoms with van der Waals surface area (Å²) in [6, 6.07) is -0.731. The summed E-state index contributed by atoms with van der Waals surface area (Å²) in [7, 11) is 0. The van der Waals surface area contributed by atoms with Gasteiger partial charge >= 0.3 is 5.97 Å². The summed E-state index contributed by atoms with van der Waals surface area (Å²) in [6.07, 6.45) is 61.1. The van der Waals surface area contributed by atoms with Crippen LogP contribution in [0.2, 0.25) is 0 Å². The number of nitrogens with one attached hydrogen (secondary N) is 1. The molecular weight excluding hydrogens is 719 g/mol. The number of allylic oxidation sites excluding steroid dienone is 20. The van der Waals surface area contributed by atoms with Crippen LogP contribution in [0.15, 0.2) is 122 Å². The third kappa shape index (κ3) is 39.1. The number of hydrogen-bond donors (Lipinski definition) is 3. The fourth-order valence-electron chi connectivity index (χ4n) is 6.12. The lowest BCUT2D eigenvalue weighted by Crippen LogP contribution is -2.46. The van der Waals surface area contributed by atoms with Crippen molar-refractivity contribution in [2.45, 2.75) is 187 Å². The molecule has 0 aromatic carbocycles. The van der Waals surface area contributed by atoms with Crippen LogP contribution < -0.4 is 5.32 Å². The maximum absolute atomic E-state index is 13.1. The lowest BCUT2D eigenvalue weighted by molar-refractivity contribution is -0.151. The van der Waals surface area contributed by atoms with Crippen molar-refractivity contribution in [3.63, 3.8) is 0 Å². The molecule has 3 atom stereocenters. The number of rotatable bonds is 38.